The molecular formula is C5H5ClN2OS. The zero-order valence-corrected chi connectivity index (χ0v) is 6.58. The van der Waals surface area contributed by atoms with E-state index < -0.39 is 0 Å². The van der Waals surface area contributed by atoms with Crippen LogP contribution < -0.4 is 5.32 Å². The molecule has 1 aromatic rings. The van der Waals surface area contributed by atoms with E-state index >= 15 is 0 Å². The van der Waals surface area contributed by atoms with Crippen LogP contribution in [-0.4, -0.2) is 11.4 Å². The minimum Gasteiger partial charge on any atom is -0.305 e. The van der Waals surface area contributed by atoms with E-state index in [9.17, 15) is 4.79 Å². The Kier molecular flexibility index (Phi) is 2.65. The molecule has 0 bridgehead atoms. The number of halogens is 1. The van der Waals surface area contributed by atoms with Crippen LogP contribution in [0.15, 0.2) is 6.20 Å². The molecule has 0 fully saturated rings. The van der Waals surface area contributed by atoms with Gasteiger partial charge in [-0.1, -0.05) is 0 Å². The number of nitrogens with zero attached hydrogens (tertiary/aromatic N) is 1. The second-order valence-electron chi connectivity index (χ2n) is 1.53. The van der Waals surface area contributed by atoms with Crippen molar-refractivity contribution in [1.29, 1.82) is 0 Å². The van der Waals surface area contributed by atoms with E-state index in [0.29, 0.717) is 17.4 Å². The predicted molar refractivity (Wildman–Crippen MR) is 41.4 cm³/mol. The number of nitrogens with one attached hydrogen (secondary N) is 1. The van der Waals surface area contributed by atoms with Gasteiger partial charge in [-0.25, -0.2) is 4.98 Å². The number of hydrogen-bond donors (Lipinski definition) is 1. The number of hydrogen-bond acceptors (Lipinski definition) is 3. The highest BCUT2D eigenvalue weighted by atomic mass is 35.5. The molecule has 0 aliphatic carbocycles. The van der Waals surface area contributed by atoms with Crippen LogP contribution in [0.3, 0.4) is 0 Å². The summed E-state index contributed by atoms with van der Waals surface area (Å²) in [7, 11) is 0. The molecule has 0 saturated heterocycles. The van der Waals surface area contributed by atoms with Crippen molar-refractivity contribution in [3.63, 3.8) is 0 Å². The van der Waals surface area contributed by atoms with Gasteiger partial charge in [-0.15, -0.1) is 22.9 Å². The molecule has 0 atom stereocenters. The molecule has 0 aromatic carbocycles. The number of carbonyl (C=O) groups is 1. The lowest BCUT2D eigenvalue weighted by atomic mass is 10.6. The van der Waals surface area contributed by atoms with E-state index in [1.165, 1.54) is 11.3 Å². The van der Waals surface area contributed by atoms with Gasteiger partial charge in [0.15, 0.2) is 5.13 Å². The topological polar surface area (TPSA) is 42.0 Å². The van der Waals surface area contributed by atoms with Crippen LogP contribution in [0.25, 0.3) is 0 Å². The Morgan fingerprint density at radius 3 is 3.20 bits per heavy atom. The average Bonchev–Trinajstić information content (AvgIpc) is 2.37. The smallest absolute Gasteiger partial charge is 0.213 e. The quantitative estimate of drug-likeness (QED) is 0.560. The highest BCUT2D eigenvalue weighted by molar-refractivity contribution is 7.15. The molecule has 0 unspecified atom stereocenters. The third kappa shape index (κ3) is 1.68. The lowest BCUT2D eigenvalue weighted by Crippen LogP contribution is -1.90. The van der Waals surface area contributed by atoms with Crippen LogP contribution >= 0.6 is 22.9 Å². The normalized spacial score (nSPS) is 9.30. The summed E-state index contributed by atoms with van der Waals surface area (Å²) < 4.78 is 0. The van der Waals surface area contributed by atoms with Crippen LogP contribution in [0.1, 0.15) is 4.88 Å². The average molecular weight is 177 g/mol. The molecule has 0 aliphatic rings. The molecule has 0 spiro atoms. The van der Waals surface area contributed by atoms with Gasteiger partial charge in [0.2, 0.25) is 6.41 Å². The monoisotopic (exact) mass is 176 g/mol. The Bertz CT molecular complexity index is 225. The van der Waals surface area contributed by atoms with Gasteiger partial charge >= 0.3 is 0 Å². The number of rotatable bonds is 3. The molecule has 3 nitrogen and oxygen atoms in total. The van der Waals surface area contributed by atoms with E-state index in [0.717, 1.165) is 4.88 Å². The third-order valence-corrected chi connectivity index (χ3v) is 2.24. The van der Waals surface area contributed by atoms with Crippen molar-refractivity contribution < 1.29 is 4.79 Å². The standard InChI is InChI=1S/C5H5ClN2OS/c6-1-4-2-7-5(10-4)8-3-9/h2-3H,1H2,(H,7,8,9). The Morgan fingerprint density at radius 2 is 2.70 bits per heavy atom. The first-order valence-electron chi connectivity index (χ1n) is 2.57. The van der Waals surface area contributed by atoms with E-state index in [-0.39, 0.29) is 0 Å². The van der Waals surface area contributed by atoms with Crippen molar-refractivity contribution in [2.75, 3.05) is 5.32 Å². The summed E-state index contributed by atoms with van der Waals surface area (Å²) in [6.07, 6.45) is 2.24. The van der Waals surface area contributed by atoms with E-state index in [2.05, 4.69) is 10.3 Å². The van der Waals surface area contributed by atoms with Crippen molar-refractivity contribution >= 4 is 34.5 Å². The van der Waals surface area contributed by atoms with Gasteiger partial charge in [0, 0.05) is 11.1 Å². The van der Waals surface area contributed by atoms with E-state index in [1.807, 2.05) is 0 Å². The highest BCUT2D eigenvalue weighted by Crippen LogP contribution is 2.18. The number of anilines is 1. The van der Waals surface area contributed by atoms with Crippen LogP contribution in [0, 0.1) is 0 Å². The summed E-state index contributed by atoms with van der Waals surface area (Å²) in [6.45, 7) is 0. The molecule has 0 saturated carbocycles. The van der Waals surface area contributed by atoms with Gasteiger partial charge in [-0.05, 0) is 0 Å². The summed E-state index contributed by atoms with van der Waals surface area (Å²) in [5.74, 6) is 0.443. The number of aromatic nitrogens is 1. The molecule has 1 aromatic heterocycles. The van der Waals surface area contributed by atoms with Crippen LogP contribution in [0.4, 0.5) is 5.13 Å². The van der Waals surface area contributed by atoms with Crippen LogP contribution in [0.2, 0.25) is 0 Å². The lowest BCUT2D eigenvalue weighted by Gasteiger charge is -1.84. The predicted octanol–water partition coefficient (Wildman–Crippen LogP) is 1.45. The minimum atomic E-state index is 0.443. The summed E-state index contributed by atoms with van der Waals surface area (Å²) >= 11 is 6.87. The molecular weight excluding hydrogens is 172 g/mol. The number of carbonyl (C=O) groups excluding carboxylic acids is 1. The SMILES string of the molecule is O=CNc1ncc(CCl)s1. The summed E-state index contributed by atoms with van der Waals surface area (Å²) in [5, 5.41) is 3.02. The Hall–Kier alpha value is -0.610. The van der Waals surface area contributed by atoms with Crippen LogP contribution in [-0.2, 0) is 10.7 Å². The van der Waals surface area contributed by atoms with Gasteiger partial charge in [-0.3, -0.25) is 4.79 Å². The number of thiazole rings is 1. The van der Waals surface area contributed by atoms with Crippen LogP contribution in [0.5, 0.6) is 0 Å². The maximum atomic E-state index is 9.89. The summed E-state index contributed by atoms with van der Waals surface area (Å²) in [6, 6.07) is 0. The first-order chi connectivity index (χ1) is 4.86. The van der Waals surface area contributed by atoms with Gasteiger partial charge < -0.3 is 5.32 Å². The molecule has 1 heterocycles. The third-order valence-electron chi connectivity index (χ3n) is 0.868. The largest absolute Gasteiger partial charge is 0.305 e. The molecule has 5 heteroatoms. The molecule has 0 aliphatic heterocycles. The molecule has 1 rings (SSSR count). The second kappa shape index (κ2) is 3.53. The minimum absolute atomic E-state index is 0.443. The maximum Gasteiger partial charge on any atom is 0.213 e. The lowest BCUT2D eigenvalue weighted by molar-refractivity contribution is -0.105. The van der Waals surface area contributed by atoms with Crippen molar-refractivity contribution in [3.05, 3.63) is 11.1 Å². The first kappa shape index (κ1) is 7.50. The fourth-order valence-corrected chi connectivity index (χ4v) is 1.34. The fraction of sp³-hybridized carbons (Fsp3) is 0.200. The zero-order chi connectivity index (χ0) is 7.40. The summed E-state index contributed by atoms with van der Waals surface area (Å²) in [5.41, 5.74) is 0. The van der Waals surface area contributed by atoms with Gasteiger partial charge in [-0.2, -0.15) is 0 Å². The van der Waals surface area contributed by atoms with Crippen molar-refractivity contribution in [1.82, 2.24) is 4.98 Å². The van der Waals surface area contributed by atoms with Gasteiger partial charge in [0.1, 0.15) is 0 Å². The zero-order valence-electron chi connectivity index (χ0n) is 5.00. The first-order valence-corrected chi connectivity index (χ1v) is 3.92. The van der Waals surface area contributed by atoms with E-state index in [4.69, 9.17) is 11.6 Å². The Labute approximate surface area is 67.0 Å². The van der Waals surface area contributed by atoms with Crippen molar-refractivity contribution in [3.8, 4) is 0 Å². The number of alkyl halides is 1. The van der Waals surface area contributed by atoms with Crippen molar-refractivity contribution in [2.45, 2.75) is 5.88 Å². The maximum absolute atomic E-state index is 9.89. The fourth-order valence-electron chi connectivity index (χ4n) is 0.486. The summed E-state index contributed by atoms with van der Waals surface area (Å²) in [4.78, 5) is 14.7. The van der Waals surface area contributed by atoms with Gasteiger partial charge in [0.05, 0.1) is 5.88 Å². The second-order valence-corrected chi connectivity index (χ2v) is 2.91. The van der Waals surface area contributed by atoms with Crippen molar-refractivity contribution in [2.24, 2.45) is 0 Å². The molecule has 1 N–H and O–H groups in total. The van der Waals surface area contributed by atoms with E-state index in [1.54, 1.807) is 6.20 Å². The Balaban J connectivity index is 2.67. The molecule has 1 amide bonds. The highest BCUT2D eigenvalue weighted by Gasteiger charge is 1.97. The molecule has 0 radical (unpaired) electrons. The molecule has 54 valence electrons. The molecule has 10 heavy (non-hydrogen) atoms. The van der Waals surface area contributed by atoms with Gasteiger partial charge in [0.25, 0.3) is 0 Å². The Morgan fingerprint density at radius 1 is 1.90 bits per heavy atom. The number of amides is 1.